The van der Waals surface area contributed by atoms with Crippen LogP contribution >= 0.6 is 12.4 Å². The Hall–Kier alpha value is -1.85. The summed E-state index contributed by atoms with van der Waals surface area (Å²) in [5.41, 5.74) is 2.79. The van der Waals surface area contributed by atoms with E-state index in [1.165, 1.54) is 12.5 Å². The van der Waals surface area contributed by atoms with Gasteiger partial charge in [0, 0.05) is 23.1 Å². The monoisotopic (exact) mass is 362 g/mol. The Balaban J connectivity index is 0.00000182. The predicted octanol–water partition coefficient (Wildman–Crippen LogP) is 3.02. The molecule has 0 radical (unpaired) electrons. The maximum Gasteiger partial charge on any atom is 0.336 e. The molecule has 1 aliphatic heterocycles. The molecule has 1 aromatic carbocycles. The molecule has 2 aromatic rings. The third kappa shape index (κ3) is 3.18. The summed E-state index contributed by atoms with van der Waals surface area (Å²) in [6, 6.07) is 5.22. The minimum atomic E-state index is -0.346. The largest absolute Gasteiger partial charge is 0.423 e. The molecule has 0 unspecified atom stereocenters. The van der Waals surface area contributed by atoms with E-state index in [4.69, 9.17) is 4.42 Å². The van der Waals surface area contributed by atoms with E-state index in [0.717, 1.165) is 41.7 Å². The molecule has 1 aromatic heterocycles. The molecule has 2 heterocycles. The number of benzene rings is 1. The van der Waals surface area contributed by atoms with Gasteiger partial charge in [-0.25, -0.2) is 4.79 Å². The zero-order valence-corrected chi connectivity index (χ0v) is 15.2. The van der Waals surface area contributed by atoms with Gasteiger partial charge >= 0.3 is 5.63 Å². The van der Waals surface area contributed by atoms with Gasteiger partial charge in [-0.1, -0.05) is 0 Å². The number of nitrogens with one attached hydrogen (secondary N) is 2. The van der Waals surface area contributed by atoms with E-state index in [1.807, 2.05) is 26.0 Å². The van der Waals surface area contributed by atoms with Gasteiger partial charge in [0.25, 0.3) is 0 Å². The van der Waals surface area contributed by atoms with Crippen LogP contribution in [0.3, 0.4) is 0 Å². The Kier molecular flexibility index (Phi) is 4.89. The minimum absolute atomic E-state index is 0. The van der Waals surface area contributed by atoms with Gasteiger partial charge in [-0.3, -0.25) is 4.79 Å². The van der Waals surface area contributed by atoms with E-state index in [1.54, 1.807) is 0 Å². The van der Waals surface area contributed by atoms with Crippen LogP contribution < -0.4 is 16.3 Å². The molecule has 4 rings (SSSR count). The molecule has 1 amide bonds. The van der Waals surface area contributed by atoms with E-state index in [9.17, 15) is 9.59 Å². The van der Waals surface area contributed by atoms with Crippen molar-refractivity contribution in [2.45, 2.75) is 26.7 Å². The van der Waals surface area contributed by atoms with Crippen molar-refractivity contribution in [2.24, 2.45) is 17.8 Å². The van der Waals surface area contributed by atoms with Crippen molar-refractivity contribution >= 4 is 35.0 Å². The topological polar surface area (TPSA) is 71.3 Å². The van der Waals surface area contributed by atoms with Crippen LogP contribution in [0.2, 0.25) is 0 Å². The Morgan fingerprint density at radius 2 is 2.04 bits per heavy atom. The maximum absolute atomic E-state index is 12.7. The molecular formula is C19H23ClN2O3. The van der Waals surface area contributed by atoms with Crippen LogP contribution in [0.25, 0.3) is 11.0 Å². The predicted molar refractivity (Wildman–Crippen MR) is 100 cm³/mol. The number of amides is 1. The van der Waals surface area contributed by atoms with Gasteiger partial charge in [-0.2, -0.15) is 0 Å². The van der Waals surface area contributed by atoms with E-state index < -0.39 is 0 Å². The van der Waals surface area contributed by atoms with Crippen LogP contribution in [0, 0.1) is 31.6 Å². The first-order valence-electron chi connectivity index (χ1n) is 8.59. The van der Waals surface area contributed by atoms with Gasteiger partial charge in [0.2, 0.25) is 5.91 Å². The first-order chi connectivity index (χ1) is 11.5. The van der Waals surface area contributed by atoms with E-state index in [2.05, 4.69) is 10.6 Å². The van der Waals surface area contributed by atoms with Crippen LogP contribution in [0.15, 0.2) is 27.4 Å². The second-order valence-electron chi connectivity index (χ2n) is 7.16. The number of aryl methyl sites for hydroxylation is 2. The zero-order chi connectivity index (χ0) is 16.8. The highest BCUT2D eigenvalue weighted by atomic mass is 35.5. The lowest BCUT2D eigenvalue weighted by Crippen LogP contribution is -2.52. The van der Waals surface area contributed by atoms with Gasteiger partial charge in [0.15, 0.2) is 0 Å². The summed E-state index contributed by atoms with van der Waals surface area (Å²) in [7, 11) is 0. The van der Waals surface area contributed by atoms with Crippen LogP contribution in [0.1, 0.15) is 24.0 Å². The lowest BCUT2D eigenvalue weighted by molar-refractivity contribution is -0.128. The van der Waals surface area contributed by atoms with Gasteiger partial charge in [-0.05, 0) is 74.9 Å². The molecule has 2 N–H and O–H groups in total. The maximum atomic E-state index is 12.7. The van der Waals surface area contributed by atoms with E-state index >= 15 is 0 Å². The van der Waals surface area contributed by atoms with Crippen molar-refractivity contribution in [3.8, 4) is 0 Å². The van der Waals surface area contributed by atoms with Gasteiger partial charge < -0.3 is 15.1 Å². The Bertz CT molecular complexity index is 877. The SMILES string of the molecule is Cc1cc2oc(=O)cc(C)c2cc1NC(=O)[C@@H]1C[C@H]2CCNC[C@H]21.Cl. The zero-order valence-electron chi connectivity index (χ0n) is 14.4. The third-order valence-electron chi connectivity index (χ3n) is 5.64. The molecule has 134 valence electrons. The van der Waals surface area contributed by atoms with Gasteiger partial charge in [0.05, 0.1) is 0 Å². The number of carbonyl (C=O) groups is 1. The number of hydrogen-bond donors (Lipinski definition) is 2. The van der Waals surface area contributed by atoms with E-state index in [-0.39, 0.29) is 29.9 Å². The fourth-order valence-electron chi connectivity index (χ4n) is 4.13. The van der Waals surface area contributed by atoms with Crippen LogP contribution in [0.5, 0.6) is 0 Å². The smallest absolute Gasteiger partial charge is 0.336 e. The number of hydrogen-bond acceptors (Lipinski definition) is 4. The number of piperidine rings is 1. The molecule has 1 aliphatic carbocycles. The molecule has 6 heteroatoms. The number of carbonyl (C=O) groups excluding carboxylic acids is 1. The molecule has 2 aliphatic rings. The normalized spacial score (nSPS) is 24.8. The quantitative estimate of drug-likeness (QED) is 0.805. The molecule has 0 bridgehead atoms. The first-order valence-corrected chi connectivity index (χ1v) is 8.59. The molecule has 1 saturated heterocycles. The van der Waals surface area contributed by atoms with Crippen molar-refractivity contribution in [2.75, 3.05) is 18.4 Å². The molecule has 5 nitrogen and oxygen atoms in total. The van der Waals surface area contributed by atoms with Crippen molar-refractivity contribution in [1.82, 2.24) is 5.32 Å². The molecule has 25 heavy (non-hydrogen) atoms. The Morgan fingerprint density at radius 1 is 1.24 bits per heavy atom. The fraction of sp³-hybridized carbons (Fsp3) is 0.474. The highest BCUT2D eigenvalue weighted by molar-refractivity contribution is 5.97. The number of fused-ring (bicyclic) bond motifs is 2. The highest BCUT2D eigenvalue weighted by Crippen LogP contribution is 2.44. The van der Waals surface area contributed by atoms with Crippen molar-refractivity contribution in [3.05, 3.63) is 39.7 Å². The molecular weight excluding hydrogens is 340 g/mol. The summed E-state index contributed by atoms with van der Waals surface area (Å²) in [6.07, 6.45) is 2.18. The minimum Gasteiger partial charge on any atom is -0.423 e. The Morgan fingerprint density at radius 3 is 2.80 bits per heavy atom. The average Bonchev–Trinajstić information content (AvgIpc) is 2.50. The fourth-order valence-corrected chi connectivity index (χ4v) is 4.13. The summed E-state index contributed by atoms with van der Waals surface area (Å²) in [5, 5.41) is 7.35. The molecule has 0 spiro atoms. The van der Waals surface area contributed by atoms with Crippen molar-refractivity contribution in [3.63, 3.8) is 0 Å². The lowest BCUT2D eigenvalue weighted by atomic mass is 9.61. The second kappa shape index (κ2) is 6.81. The number of anilines is 1. The van der Waals surface area contributed by atoms with Crippen LogP contribution in [0.4, 0.5) is 5.69 Å². The molecule has 1 saturated carbocycles. The number of rotatable bonds is 2. The average molecular weight is 363 g/mol. The summed E-state index contributed by atoms with van der Waals surface area (Å²) < 4.78 is 5.26. The van der Waals surface area contributed by atoms with Crippen molar-refractivity contribution in [1.29, 1.82) is 0 Å². The summed E-state index contributed by atoms with van der Waals surface area (Å²) >= 11 is 0. The van der Waals surface area contributed by atoms with Gasteiger partial charge in [0.1, 0.15) is 5.58 Å². The molecule has 2 fully saturated rings. The van der Waals surface area contributed by atoms with Gasteiger partial charge in [-0.15, -0.1) is 12.4 Å². The number of halogens is 1. The summed E-state index contributed by atoms with van der Waals surface area (Å²) in [4.78, 5) is 24.2. The van der Waals surface area contributed by atoms with E-state index in [0.29, 0.717) is 17.4 Å². The third-order valence-corrected chi connectivity index (χ3v) is 5.64. The summed E-state index contributed by atoms with van der Waals surface area (Å²) in [5.74, 6) is 1.39. The standard InChI is InChI=1S/C19H22N2O3.ClH/c1-10-6-18(22)24-17-5-11(2)16(8-13(10)17)21-19(23)14-7-12-3-4-20-9-15(12)14;/h5-6,8,12,14-15,20H,3-4,7,9H2,1-2H3,(H,21,23);1H/t12-,14-,15-;/m1./s1. The highest BCUT2D eigenvalue weighted by Gasteiger charge is 2.45. The molecule has 3 atom stereocenters. The van der Waals surface area contributed by atoms with Crippen molar-refractivity contribution < 1.29 is 9.21 Å². The Labute approximate surface area is 152 Å². The van der Waals surface area contributed by atoms with Crippen LogP contribution in [-0.2, 0) is 4.79 Å². The lowest BCUT2D eigenvalue weighted by Gasteiger charge is -2.47. The summed E-state index contributed by atoms with van der Waals surface area (Å²) in [6.45, 7) is 5.82. The second-order valence-corrected chi connectivity index (χ2v) is 7.16. The van der Waals surface area contributed by atoms with Crippen LogP contribution in [-0.4, -0.2) is 19.0 Å². The first kappa shape index (κ1) is 18.0.